The van der Waals surface area contributed by atoms with Gasteiger partial charge in [-0.3, -0.25) is 0 Å². The van der Waals surface area contributed by atoms with Crippen LogP contribution in [0.4, 0.5) is 0 Å². The highest BCUT2D eigenvalue weighted by atomic mass is 35.5. The Morgan fingerprint density at radius 1 is 0.765 bits per heavy atom. The summed E-state index contributed by atoms with van der Waals surface area (Å²) in [6.07, 6.45) is 3.01. The standard InChI is InChI=1S/C12H7Cl5/c13-10-7-11(14,15)9(6-12(10,16)17)8-4-2-1-3-5-8/h1-7H. The molecular formula is C12H7Cl5. The Morgan fingerprint density at radius 2 is 1.35 bits per heavy atom. The molecule has 17 heavy (non-hydrogen) atoms. The minimum Gasteiger partial charge on any atom is -0.0915 e. The zero-order valence-corrected chi connectivity index (χ0v) is 12.2. The Bertz CT molecular complexity index is 485. The molecule has 0 aromatic heterocycles. The molecule has 0 bridgehead atoms. The van der Waals surface area contributed by atoms with E-state index in [1.165, 1.54) is 6.08 Å². The topological polar surface area (TPSA) is 0 Å². The van der Waals surface area contributed by atoms with Gasteiger partial charge >= 0.3 is 0 Å². The predicted octanol–water partition coefficient (Wildman–Crippen LogP) is 5.55. The van der Waals surface area contributed by atoms with Crippen LogP contribution in [0.25, 0.3) is 5.57 Å². The average Bonchev–Trinajstić information content (AvgIpc) is 2.25. The van der Waals surface area contributed by atoms with Gasteiger partial charge < -0.3 is 0 Å². The number of halogens is 5. The Morgan fingerprint density at radius 3 is 1.94 bits per heavy atom. The van der Waals surface area contributed by atoms with E-state index in [1.807, 2.05) is 30.3 Å². The van der Waals surface area contributed by atoms with Gasteiger partial charge in [-0.05, 0) is 23.3 Å². The van der Waals surface area contributed by atoms with Crippen molar-refractivity contribution in [2.75, 3.05) is 0 Å². The first kappa shape index (κ1) is 13.6. The molecule has 2 rings (SSSR count). The summed E-state index contributed by atoms with van der Waals surface area (Å²) in [5.74, 6) is 0. The molecule has 0 nitrogen and oxygen atoms in total. The molecule has 1 aromatic rings. The maximum absolute atomic E-state index is 6.21. The fraction of sp³-hybridized carbons (Fsp3) is 0.167. The van der Waals surface area contributed by atoms with Crippen LogP contribution in [0.5, 0.6) is 0 Å². The number of alkyl halides is 4. The van der Waals surface area contributed by atoms with E-state index in [0.29, 0.717) is 5.57 Å². The number of hydrogen-bond acceptors (Lipinski definition) is 0. The van der Waals surface area contributed by atoms with E-state index in [9.17, 15) is 0 Å². The summed E-state index contributed by atoms with van der Waals surface area (Å²) in [6, 6.07) is 9.41. The monoisotopic (exact) mass is 326 g/mol. The minimum absolute atomic E-state index is 0.200. The van der Waals surface area contributed by atoms with Crippen LogP contribution in [0.15, 0.2) is 47.5 Å². The highest BCUT2D eigenvalue weighted by molar-refractivity contribution is 6.61. The predicted molar refractivity (Wildman–Crippen MR) is 77.2 cm³/mol. The first-order chi connectivity index (χ1) is 7.83. The quantitative estimate of drug-likeness (QED) is 0.593. The maximum atomic E-state index is 6.21. The second kappa shape index (κ2) is 4.68. The molecule has 0 radical (unpaired) electrons. The Balaban J connectivity index is 2.54. The van der Waals surface area contributed by atoms with Crippen LogP contribution < -0.4 is 0 Å². The molecule has 1 aliphatic rings. The summed E-state index contributed by atoms with van der Waals surface area (Å²) in [7, 11) is 0. The van der Waals surface area contributed by atoms with E-state index in [4.69, 9.17) is 58.0 Å². The fourth-order valence-corrected chi connectivity index (χ4v) is 2.78. The lowest BCUT2D eigenvalue weighted by Crippen LogP contribution is -2.24. The van der Waals surface area contributed by atoms with Gasteiger partial charge in [0.1, 0.15) is 0 Å². The molecule has 0 saturated carbocycles. The van der Waals surface area contributed by atoms with Crippen molar-refractivity contribution >= 4 is 63.6 Å². The molecule has 0 N–H and O–H groups in total. The number of allylic oxidation sites excluding steroid dienone is 4. The summed E-state index contributed by atoms with van der Waals surface area (Å²) in [5, 5.41) is 0.200. The van der Waals surface area contributed by atoms with Gasteiger partial charge in [0, 0.05) is 0 Å². The van der Waals surface area contributed by atoms with E-state index in [-0.39, 0.29) is 5.03 Å². The van der Waals surface area contributed by atoms with Crippen LogP contribution in [0.1, 0.15) is 5.56 Å². The molecule has 0 heterocycles. The molecule has 5 heteroatoms. The molecule has 0 unspecified atom stereocenters. The van der Waals surface area contributed by atoms with Crippen molar-refractivity contribution in [3.05, 3.63) is 53.1 Å². The van der Waals surface area contributed by atoms with Crippen molar-refractivity contribution in [3.63, 3.8) is 0 Å². The van der Waals surface area contributed by atoms with Gasteiger partial charge in [-0.1, -0.05) is 88.3 Å². The fourth-order valence-electron chi connectivity index (χ4n) is 1.57. The molecule has 1 aromatic carbocycles. The number of hydrogen-bond donors (Lipinski definition) is 0. The summed E-state index contributed by atoms with van der Waals surface area (Å²) >= 11 is 30.5. The summed E-state index contributed by atoms with van der Waals surface area (Å²) < 4.78 is -2.52. The van der Waals surface area contributed by atoms with Gasteiger partial charge in [0.25, 0.3) is 0 Å². The second-order valence-electron chi connectivity index (χ2n) is 3.66. The highest BCUT2D eigenvalue weighted by Crippen LogP contribution is 2.50. The van der Waals surface area contributed by atoms with Crippen LogP contribution in [0.3, 0.4) is 0 Å². The molecule has 0 fully saturated rings. The van der Waals surface area contributed by atoms with Crippen LogP contribution in [-0.2, 0) is 0 Å². The lowest BCUT2D eigenvalue weighted by Gasteiger charge is -2.30. The van der Waals surface area contributed by atoms with E-state index in [0.717, 1.165) is 5.56 Å². The molecule has 0 aliphatic heterocycles. The van der Waals surface area contributed by atoms with Crippen molar-refractivity contribution < 1.29 is 0 Å². The van der Waals surface area contributed by atoms with Crippen molar-refractivity contribution in [1.29, 1.82) is 0 Å². The summed E-state index contributed by atoms with van der Waals surface area (Å²) in [4.78, 5) is 0. The Labute approximate surface area is 125 Å². The van der Waals surface area contributed by atoms with Gasteiger partial charge in [0.05, 0.1) is 5.03 Å². The molecule has 90 valence electrons. The van der Waals surface area contributed by atoms with Crippen LogP contribution in [-0.4, -0.2) is 8.67 Å². The van der Waals surface area contributed by atoms with Gasteiger partial charge in [0.15, 0.2) is 8.67 Å². The maximum Gasteiger partial charge on any atom is 0.172 e. The third kappa shape index (κ3) is 2.77. The zero-order chi connectivity index (χ0) is 12.7. The van der Waals surface area contributed by atoms with Gasteiger partial charge in [0.2, 0.25) is 0 Å². The lowest BCUT2D eigenvalue weighted by molar-refractivity contribution is 1.12. The molecular weight excluding hydrogens is 321 g/mol. The van der Waals surface area contributed by atoms with Crippen molar-refractivity contribution in [3.8, 4) is 0 Å². The van der Waals surface area contributed by atoms with Gasteiger partial charge in [-0.15, -0.1) is 0 Å². The minimum atomic E-state index is -1.29. The van der Waals surface area contributed by atoms with Crippen molar-refractivity contribution in [1.82, 2.24) is 0 Å². The molecule has 0 atom stereocenters. The zero-order valence-electron chi connectivity index (χ0n) is 8.43. The van der Waals surface area contributed by atoms with Crippen LogP contribution >= 0.6 is 58.0 Å². The molecule has 0 spiro atoms. The third-order valence-corrected chi connectivity index (χ3v) is 4.25. The Hall–Kier alpha value is 0.150. The molecule has 0 amide bonds. The van der Waals surface area contributed by atoms with E-state index in [1.54, 1.807) is 6.08 Å². The molecule has 1 aliphatic carbocycles. The van der Waals surface area contributed by atoms with E-state index in [2.05, 4.69) is 0 Å². The second-order valence-corrected chi connectivity index (χ2v) is 6.84. The molecule has 0 saturated heterocycles. The van der Waals surface area contributed by atoms with Crippen molar-refractivity contribution in [2.45, 2.75) is 8.67 Å². The van der Waals surface area contributed by atoms with E-state index >= 15 is 0 Å². The van der Waals surface area contributed by atoms with Crippen LogP contribution in [0.2, 0.25) is 0 Å². The van der Waals surface area contributed by atoms with Crippen molar-refractivity contribution in [2.24, 2.45) is 0 Å². The van der Waals surface area contributed by atoms with Gasteiger partial charge in [-0.25, -0.2) is 0 Å². The smallest absolute Gasteiger partial charge is 0.0915 e. The highest BCUT2D eigenvalue weighted by Gasteiger charge is 2.40. The number of benzene rings is 1. The SMILES string of the molecule is ClC1=CC(Cl)(Cl)C(c2ccccc2)=CC1(Cl)Cl. The summed E-state index contributed by atoms with van der Waals surface area (Å²) in [6.45, 7) is 0. The number of rotatable bonds is 1. The normalized spacial score (nSPS) is 21.7. The third-order valence-electron chi connectivity index (χ3n) is 2.40. The Kier molecular flexibility index (Phi) is 3.74. The van der Waals surface area contributed by atoms with Crippen LogP contribution in [0, 0.1) is 0 Å². The lowest BCUT2D eigenvalue weighted by atomic mass is 9.96. The largest absolute Gasteiger partial charge is 0.172 e. The van der Waals surface area contributed by atoms with Gasteiger partial charge in [-0.2, -0.15) is 0 Å². The first-order valence-corrected chi connectivity index (χ1v) is 6.65. The average molecular weight is 328 g/mol. The van der Waals surface area contributed by atoms with E-state index < -0.39 is 8.67 Å². The first-order valence-electron chi connectivity index (χ1n) is 4.76. The summed E-state index contributed by atoms with van der Waals surface area (Å²) in [5.41, 5.74) is 1.47.